The summed E-state index contributed by atoms with van der Waals surface area (Å²) in [5.74, 6) is 0.292. The van der Waals surface area contributed by atoms with E-state index in [1.165, 1.54) is 7.05 Å². The van der Waals surface area contributed by atoms with Gasteiger partial charge in [-0.3, -0.25) is 0 Å². The molecule has 1 saturated carbocycles. The van der Waals surface area contributed by atoms with E-state index in [1.807, 2.05) is 0 Å². The summed E-state index contributed by atoms with van der Waals surface area (Å²) >= 11 is 0. The Kier molecular flexibility index (Phi) is 4.44. The van der Waals surface area contributed by atoms with Crippen LogP contribution in [0.2, 0.25) is 0 Å². The molecule has 3 N–H and O–H groups in total. The molecule has 5 nitrogen and oxygen atoms in total. The highest BCUT2D eigenvalue weighted by Gasteiger charge is 2.24. The fraction of sp³-hybridized carbons (Fsp3) is 0.538. The van der Waals surface area contributed by atoms with Gasteiger partial charge in [0.1, 0.15) is 0 Å². The van der Waals surface area contributed by atoms with Crippen molar-refractivity contribution in [2.45, 2.75) is 30.3 Å². The van der Waals surface area contributed by atoms with Crippen LogP contribution in [0.3, 0.4) is 0 Å². The van der Waals surface area contributed by atoms with Gasteiger partial charge in [-0.25, -0.2) is 13.1 Å². The van der Waals surface area contributed by atoms with E-state index >= 15 is 0 Å². The molecule has 0 radical (unpaired) electrons. The Hall–Kier alpha value is -1.11. The summed E-state index contributed by atoms with van der Waals surface area (Å²) in [6, 6.07) is 6.62. The monoisotopic (exact) mass is 284 g/mol. The first-order valence-electron chi connectivity index (χ1n) is 6.48. The highest BCUT2D eigenvalue weighted by Crippen LogP contribution is 2.25. The van der Waals surface area contributed by atoms with Crippen LogP contribution in [0, 0.1) is 5.92 Å². The number of benzene rings is 1. The van der Waals surface area contributed by atoms with Crippen molar-refractivity contribution in [1.82, 2.24) is 4.72 Å². The Bertz CT molecular complexity index is 513. The Balaban J connectivity index is 1.96. The molecule has 0 bridgehead atoms. The number of hydrogen-bond donors (Lipinski definition) is 3. The van der Waals surface area contributed by atoms with Crippen LogP contribution in [0.1, 0.15) is 19.3 Å². The Morgan fingerprint density at radius 3 is 2.47 bits per heavy atom. The highest BCUT2D eigenvalue weighted by molar-refractivity contribution is 7.89. The van der Waals surface area contributed by atoms with Gasteiger partial charge in [0.15, 0.2) is 0 Å². The minimum absolute atomic E-state index is 0.212. The molecule has 2 unspecified atom stereocenters. The largest absolute Gasteiger partial charge is 0.393 e. The van der Waals surface area contributed by atoms with Crippen LogP contribution in [0.5, 0.6) is 0 Å². The van der Waals surface area contributed by atoms with Gasteiger partial charge in [-0.1, -0.05) is 6.42 Å². The normalized spacial score (nSPS) is 23.5. The quantitative estimate of drug-likeness (QED) is 0.758. The van der Waals surface area contributed by atoms with Crippen LogP contribution in [0.15, 0.2) is 29.2 Å². The SMILES string of the molecule is CNS(=O)(=O)c1ccc(NCC2CCCC2O)cc1. The third-order valence-electron chi connectivity index (χ3n) is 3.62. The van der Waals surface area contributed by atoms with Crippen molar-refractivity contribution in [2.75, 3.05) is 18.9 Å². The summed E-state index contributed by atoms with van der Waals surface area (Å²) < 4.78 is 25.4. The van der Waals surface area contributed by atoms with Crippen molar-refractivity contribution < 1.29 is 13.5 Å². The molecule has 2 atom stereocenters. The van der Waals surface area contributed by atoms with Crippen LogP contribution in [-0.4, -0.2) is 33.2 Å². The number of sulfonamides is 1. The van der Waals surface area contributed by atoms with Gasteiger partial charge in [-0.05, 0) is 44.2 Å². The molecule has 0 saturated heterocycles. The van der Waals surface area contributed by atoms with E-state index in [0.29, 0.717) is 5.92 Å². The molecule has 2 rings (SSSR count). The molecule has 1 aliphatic carbocycles. The predicted octanol–water partition coefficient (Wildman–Crippen LogP) is 1.17. The third-order valence-corrected chi connectivity index (χ3v) is 5.05. The maximum Gasteiger partial charge on any atom is 0.240 e. The standard InChI is InChI=1S/C13H20N2O3S/c1-14-19(17,18)12-7-5-11(6-8-12)15-9-10-3-2-4-13(10)16/h5-8,10,13-16H,2-4,9H2,1H3. The highest BCUT2D eigenvalue weighted by atomic mass is 32.2. The summed E-state index contributed by atoms with van der Waals surface area (Å²) in [6.07, 6.45) is 2.79. The number of hydrogen-bond acceptors (Lipinski definition) is 4. The van der Waals surface area contributed by atoms with E-state index in [4.69, 9.17) is 0 Å². The number of aliphatic hydroxyl groups is 1. The Morgan fingerprint density at radius 1 is 1.26 bits per heavy atom. The topological polar surface area (TPSA) is 78.4 Å². The molecule has 1 aromatic rings. The van der Waals surface area contributed by atoms with Gasteiger partial charge >= 0.3 is 0 Å². The van der Waals surface area contributed by atoms with Gasteiger partial charge in [0.25, 0.3) is 0 Å². The smallest absolute Gasteiger partial charge is 0.240 e. The van der Waals surface area contributed by atoms with Crippen molar-refractivity contribution in [1.29, 1.82) is 0 Å². The molecule has 19 heavy (non-hydrogen) atoms. The molecule has 1 aromatic carbocycles. The second-order valence-electron chi connectivity index (χ2n) is 4.87. The lowest BCUT2D eigenvalue weighted by molar-refractivity contribution is 0.138. The molecular formula is C13H20N2O3S. The lowest BCUT2D eigenvalue weighted by atomic mass is 10.1. The van der Waals surface area contributed by atoms with Crippen LogP contribution in [0.25, 0.3) is 0 Å². The summed E-state index contributed by atoms with van der Waals surface area (Å²) in [6.45, 7) is 0.722. The molecule has 0 aliphatic heterocycles. The number of nitrogens with one attached hydrogen (secondary N) is 2. The van der Waals surface area contributed by atoms with Crippen molar-refractivity contribution in [3.05, 3.63) is 24.3 Å². The van der Waals surface area contributed by atoms with Crippen LogP contribution in [-0.2, 0) is 10.0 Å². The first-order chi connectivity index (χ1) is 9.03. The van der Waals surface area contributed by atoms with Crippen molar-refractivity contribution in [3.63, 3.8) is 0 Å². The van der Waals surface area contributed by atoms with Crippen molar-refractivity contribution >= 4 is 15.7 Å². The average molecular weight is 284 g/mol. The minimum atomic E-state index is -3.37. The van der Waals surface area contributed by atoms with E-state index in [0.717, 1.165) is 31.5 Å². The van der Waals surface area contributed by atoms with Crippen LogP contribution < -0.4 is 10.0 Å². The van der Waals surface area contributed by atoms with Gasteiger partial charge in [0.2, 0.25) is 10.0 Å². The lowest BCUT2D eigenvalue weighted by Gasteiger charge is -2.16. The van der Waals surface area contributed by atoms with E-state index in [-0.39, 0.29) is 11.0 Å². The van der Waals surface area contributed by atoms with Gasteiger partial charge in [0, 0.05) is 18.2 Å². The molecule has 0 spiro atoms. The molecule has 6 heteroatoms. The summed E-state index contributed by atoms with van der Waals surface area (Å²) in [5.41, 5.74) is 0.870. The zero-order valence-electron chi connectivity index (χ0n) is 11.0. The molecule has 0 aromatic heterocycles. The van der Waals surface area contributed by atoms with Crippen LogP contribution >= 0.6 is 0 Å². The molecule has 1 aliphatic rings. The fourth-order valence-corrected chi connectivity index (χ4v) is 3.10. The minimum Gasteiger partial charge on any atom is -0.393 e. The van der Waals surface area contributed by atoms with Gasteiger partial charge in [-0.2, -0.15) is 0 Å². The molecule has 1 fully saturated rings. The van der Waals surface area contributed by atoms with E-state index in [1.54, 1.807) is 24.3 Å². The maximum atomic E-state index is 11.6. The molecular weight excluding hydrogens is 264 g/mol. The first kappa shape index (κ1) is 14.3. The number of aliphatic hydroxyl groups excluding tert-OH is 1. The molecule has 106 valence electrons. The number of rotatable bonds is 5. The van der Waals surface area contributed by atoms with Crippen LogP contribution in [0.4, 0.5) is 5.69 Å². The first-order valence-corrected chi connectivity index (χ1v) is 7.97. The Labute approximate surface area is 114 Å². The lowest BCUT2D eigenvalue weighted by Crippen LogP contribution is -2.22. The van der Waals surface area contributed by atoms with Gasteiger partial charge in [0.05, 0.1) is 11.0 Å². The predicted molar refractivity (Wildman–Crippen MR) is 74.5 cm³/mol. The second kappa shape index (κ2) is 5.90. The van der Waals surface area contributed by atoms with E-state index in [2.05, 4.69) is 10.0 Å². The number of anilines is 1. The zero-order valence-corrected chi connectivity index (χ0v) is 11.8. The van der Waals surface area contributed by atoms with E-state index < -0.39 is 10.0 Å². The van der Waals surface area contributed by atoms with Crippen molar-refractivity contribution in [3.8, 4) is 0 Å². The molecule has 0 heterocycles. The summed E-state index contributed by atoms with van der Waals surface area (Å²) in [4.78, 5) is 0.251. The summed E-state index contributed by atoms with van der Waals surface area (Å²) in [5, 5.41) is 13.0. The van der Waals surface area contributed by atoms with Gasteiger partial charge in [-0.15, -0.1) is 0 Å². The third kappa shape index (κ3) is 3.46. The summed E-state index contributed by atoms with van der Waals surface area (Å²) in [7, 11) is -1.98. The Morgan fingerprint density at radius 2 is 1.95 bits per heavy atom. The zero-order chi connectivity index (χ0) is 13.9. The van der Waals surface area contributed by atoms with E-state index in [9.17, 15) is 13.5 Å². The molecule has 0 amide bonds. The average Bonchev–Trinajstić information content (AvgIpc) is 2.82. The second-order valence-corrected chi connectivity index (χ2v) is 6.76. The maximum absolute atomic E-state index is 11.6. The fourth-order valence-electron chi connectivity index (χ4n) is 2.37. The van der Waals surface area contributed by atoms with Gasteiger partial charge < -0.3 is 10.4 Å². The van der Waals surface area contributed by atoms with Crippen molar-refractivity contribution in [2.24, 2.45) is 5.92 Å².